The van der Waals surface area contributed by atoms with Gasteiger partial charge in [-0.1, -0.05) is 29.3 Å². The van der Waals surface area contributed by atoms with E-state index in [1.54, 1.807) is 24.3 Å². The molecule has 0 atom stereocenters. The van der Waals surface area contributed by atoms with E-state index in [0.29, 0.717) is 5.56 Å². The first-order chi connectivity index (χ1) is 11.8. The Morgan fingerprint density at radius 3 is 2.44 bits per heavy atom. The maximum absolute atomic E-state index is 12.2. The summed E-state index contributed by atoms with van der Waals surface area (Å²) in [6, 6.07) is 10.5. The third kappa shape index (κ3) is 5.72. The number of halogens is 3. The Labute approximate surface area is 147 Å². The molecule has 8 heteroatoms. The predicted molar refractivity (Wildman–Crippen MR) is 88.2 cm³/mol. The first-order valence-electron chi connectivity index (χ1n) is 7.13. The van der Waals surface area contributed by atoms with E-state index >= 15 is 0 Å². The number of nitrogens with one attached hydrogen (secondary N) is 1. The number of alkyl halides is 2. The zero-order valence-corrected chi connectivity index (χ0v) is 13.8. The molecule has 2 aromatic carbocycles. The van der Waals surface area contributed by atoms with Crippen molar-refractivity contribution in [2.45, 2.75) is 13.5 Å². The van der Waals surface area contributed by atoms with E-state index in [-0.39, 0.29) is 16.5 Å². The number of ether oxygens (including phenoxy) is 2. The van der Waals surface area contributed by atoms with Gasteiger partial charge >= 0.3 is 12.6 Å². The summed E-state index contributed by atoms with van der Waals surface area (Å²) >= 11 is 5.78. The maximum Gasteiger partial charge on any atom is 0.387 e. The van der Waals surface area contributed by atoms with Gasteiger partial charge in [-0.05, 0) is 37.3 Å². The van der Waals surface area contributed by atoms with Crippen molar-refractivity contribution < 1.29 is 27.8 Å². The third-order valence-electron chi connectivity index (χ3n) is 3.05. The normalized spacial score (nSPS) is 10.4. The van der Waals surface area contributed by atoms with Gasteiger partial charge in [0.15, 0.2) is 6.61 Å². The molecule has 0 aliphatic carbocycles. The Balaban J connectivity index is 1.88. The SMILES string of the molecule is Cc1ccc(C(=O)OCC(=O)Nc2ccc(OC(F)F)c(Cl)c2)cc1. The molecule has 0 unspecified atom stereocenters. The zero-order valence-electron chi connectivity index (χ0n) is 13.1. The molecule has 0 radical (unpaired) electrons. The molecule has 0 spiro atoms. The number of carbonyl (C=O) groups is 2. The lowest BCUT2D eigenvalue weighted by Gasteiger charge is -2.10. The summed E-state index contributed by atoms with van der Waals surface area (Å²) in [5, 5.41) is 2.35. The fourth-order valence-electron chi connectivity index (χ4n) is 1.87. The molecule has 25 heavy (non-hydrogen) atoms. The van der Waals surface area contributed by atoms with Crippen LogP contribution in [0.3, 0.4) is 0 Å². The van der Waals surface area contributed by atoms with Crippen LogP contribution >= 0.6 is 11.6 Å². The Morgan fingerprint density at radius 2 is 1.84 bits per heavy atom. The van der Waals surface area contributed by atoms with E-state index < -0.39 is 25.1 Å². The number of rotatable bonds is 6. The van der Waals surface area contributed by atoms with E-state index in [1.165, 1.54) is 18.2 Å². The topological polar surface area (TPSA) is 64.6 Å². The summed E-state index contributed by atoms with van der Waals surface area (Å²) in [7, 11) is 0. The first-order valence-corrected chi connectivity index (χ1v) is 7.51. The number of aryl methyl sites for hydroxylation is 1. The quantitative estimate of drug-likeness (QED) is 0.780. The highest BCUT2D eigenvalue weighted by Gasteiger charge is 2.12. The van der Waals surface area contributed by atoms with E-state index in [1.807, 2.05) is 6.92 Å². The number of carbonyl (C=O) groups excluding carboxylic acids is 2. The number of benzene rings is 2. The molecule has 0 aliphatic rings. The molecule has 0 saturated heterocycles. The highest BCUT2D eigenvalue weighted by molar-refractivity contribution is 6.32. The van der Waals surface area contributed by atoms with Crippen LogP contribution in [0.2, 0.25) is 5.02 Å². The van der Waals surface area contributed by atoms with Crippen LogP contribution in [0.15, 0.2) is 42.5 Å². The first kappa shape index (κ1) is 18.7. The van der Waals surface area contributed by atoms with Crippen molar-refractivity contribution in [1.29, 1.82) is 0 Å². The van der Waals surface area contributed by atoms with Crippen LogP contribution in [0.1, 0.15) is 15.9 Å². The molecular weight excluding hydrogens is 356 g/mol. The van der Waals surface area contributed by atoms with Crippen LogP contribution in [0.25, 0.3) is 0 Å². The van der Waals surface area contributed by atoms with Crippen molar-refractivity contribution in [3.05, 3.63) is 58.6 Å². The van der Waals surface area contributed by atoms with Gasteiger partial charge in [0.1, 0.15) is 5.75 Å². The fraction of sp³-hybridized carbons (Fsp3) is 0.176. The monoisotopic (exact) mass is 369 g/mol. The largest absolute Gasteiger partial charge is 0.452 e. The van der Waals surface area contributed by atoms with Crippen molar-refractivity contribution in [3.8, 4) is 5.75 Å². The van der Waals surface area contributed by atoms with Crippen molar-refractivity contribution in [2.24, 2.45) is 0 Å². The lowest BCUT2D eigenvalue weighted by Crippen LogP contribution is -2.21. The van der Waals surface area contributed by atoms with Gasteiger partial charge in [-0.2, -0.15) is 8.78 Å². The van der Waals surface area contributed by atoms with Crippen LogP contribution in [0, 0.1) is 6.92 Å². The lowest BCUT2D eigenvalue weighted by molar-refractivity contribution is -0.119. The minimum Gasteiger partial charge on any atom is -0.452 e. The Bertz CT molecular complexity index is 766. The number of anilines is 1. The van der Waals surface area contributed by atoms with Gasteiger partial charge in [-0.25, -0.2) is 4.79 Å². The number of esters is 1. The summed E-state index contributed by atoms with van der Waals surface area (Å²) in [6.45, 7) is -1.62. The van der Waals surface area contributed by atoms with Crippen LogP contribution < -0.4 is 10.1 Å². The highest BCUT2D eigenvalue weighted by Crippen LogP contribution is 2.28. The van der Waals surface area contributed by atoms with Gasteiger partial charge in [-0.15, -0.1) is 0 Å². The summed E-state index contributed by atoms with van der Waals surface area (Å²) in [5.41, 5.74) is 1.57. The number of amides is 1. The Hall–Kier alpha value is -2.67. The van der Waals surface area contributed by atoms with Gasteiger partial charge in [-0.3, -0.25) is 4.79 Å². The minimum absolute atomic E-state index is 0.0882. The second-order valence-electron chi connectivity index (χ2n) is 5.01. The Morgan fingerprint density at radius 1 is 1.16 bits per heavy atom. The highest BCUT2D eigenvalue weighted by atomic mass is 35.5. The summed E-state index contributed by atoms with van der Waals surface area (Å²) < 4.78 is 33.4. The number of hydrogen-bond acceptors (Lipinski definition) is 4. The van der Waals surface area contributed by atoms with Crippen LogP contribution in [-0.2, 0) is 9.53 Å². The standard InChI is InChI=1S/C17H14ClF2NO4/c1-10-2-4-11(5-3-10)16(23)24-9-15(22)21-12-6-7-14(13(18)8-12)25-17(19)20/h2-8,17H,9H2,1H3,(H,21,22). The average Bonchev–Trinajstić information content (AvgIpc) is 2.55. The summed E-state index contributed by atoms with van der Waals surface area (Å²) in [6.07, 6.45) is 0. The van der Waals surface area contributed by atoms with Crippen LogP contribution in [-0.4, -0.2) is 25.1 Å². The molecule has 2 rings (SSSR count). The van der Waals surface area contributed by atoms with E-state index in [0.717, 1.165) is 5.56 Å². The smallest absolute Gasteiger partial charge is 0.387 e. The number of hydrogen-bond donors (Lipinski definition) is 1. The van der Waals surface area contributed by atoms with E-state index in [4.69, 9.17) is 16.3 Å². The van der Waals surface area contributed by atoms with Crippen LogP contribution in [0.5, 0.6) is 5.75 Å². The van der Waals surface area contributed by atoms with Gasteiger partial charge in [0.2, 0.25) is 0 Å². The molecule has 132 valence electrons. The van der Waals surface area contributed by atoms with Gasteiger partial charge in [0.25, 0.3) is 5.91 Å². The fourth-order valence-corrected chi connectivity index (χ4v) is 2.10. The second kappa shape index (κ2) is 8.43. The Kier molecular flexibility index (Phi) is 6.30. The van der Waals surface area contributed by atoms with Crippen molar-refractivity contribution >= 4 is 29.2 Å². The zero-order chi connectivity index (χ0) is 18.4. The van der Waals surface area contributed by atoms with Crippen LogP contribution in [0.4, 0.5) is 14.5 Å². The molecule has 0 aromatic heterocycles. The molecule has 2 aromatic rings. The van der Waals surface area contributed by atoms with Gasteiger partial charge < -0.3 is 14.8 Å². The third-order valence-corrected chi connectivity index (χ3v) is 3.35. The van der Waals surface area contributed by atoms with Crippen molar-refractivity contribution in [2.75, 3.05) is 11.9 Å². The minimum atomic E-state index is -3.00. The molecule has 1 amide bonds. The van der Waals surface area contributed by atoms with Gasteiger partial charge in [0.05, 0.1) is 10.6 Å². The molecule has 0 saturated carbocycles. The predicted octanol–water partition coefficient (Wildman–Crippen LogP) is 4.05. The summed E-state index contributed by atoms with van der Waals surface area (Å²) in [4.78, 5) is 23.6. The molecule has 0 fully saturated rings. The molecular formula is C17H14ClF2NO4. The van der Waals surface area contributed by atoms with E-state index in [9.17, 15) is 18.4 Å². The summed E-state index contributed by atoms with van der Waals surface area (Å²) in [5.74, 6) is -1.44. The maximum atomic E-state index is 12.2. The molecule has 5 nitrogen and oxygen atoms in total. The van der Waals surface area contributed by atoms with Crippen molar-refractivity contribution in [3.63, 3.8) is 0 Å². The van der Waals surface area contributed by atoms with Gasteiger partial charge in [0, 0.05) is 5.69 Å². The molecule has 0 heterocycles. The molecule has 1 N–H and O–H groups in total. The van der Waals surface area contributed by atoms with Crippen molar-refractivity contribution in [1.82, 2.24) is 0 Å². The average molecular weight is 370 g/mol. The lowest BCUT2D eigenvalue weighted by atomic mass is 10.1. The second-order valence-corrected chi connectivity index (χ2v) is 5.42. The van der Waals surface area contributed by atoms with E-state index in [2.05, 4.69) is 10.1 Å². The molecule has 0 bridgehead atoms. The molecule has 0 aliphatic heterocycles.